The first kappa shape index (κ1) is 27.5. The zero-order valence-electron chi connectivity index (χ0n) is 19.9. The van der Waals surface area contributed by atoms with Crippen LogP contribution in [0, 0.1) is 0 Å². The maximum atomic E-state index is 6.07. The molecular weight excluding hydrogens is 388 g/mol. The van der Waals surface area contributed by atoms with Crippen molar-refractivity contribution in [1.82, 2.24) is 0 Å². The summed E-state index contributed by atoms with van der Waals surface area (Å²) >= 11 is 1.98. The summed E-state index contributed by atoms with van der Waals surface area (Å²) in [6.07, 6.45) is 21.3. The minimum atomic E-state index is 0.223. The van der Waals surface area contributed by atoms with Crippen LogP contribution in [-0.2, 0) is 16.1 Å². The Morgan fingerprint density at radius 3 is 1.90 bits per heavy atom. The van der Waals surface area contributed by atoms with Gasteiger partial charge in [0, 0.05) is 6.61 Å². The monoisotopic (exact) mass is 436 g/mol. The smallest absolute Gasteiger partial charge is 0.0812 e. The quantitative estimate of drug-likeness (QED) is 0.170. The van der Waals surface area contributed by atoms with E-state index >= 15 is 0 Å². The Balaban J connectivity index is 1.86. The molecule has 1 aromatic rings. The molecular formula is C27H48O2S. The van der Waals surface area contributed by atoms with E-state index in [1.807, 2.05) is 17.8 Å². The lowest BCUT2D eigenvalue weighted by molar-refractivity contribution is -0.0295. The Kier molecular flexibility index (Phi) is 19.9. The fraction of sp³-hybridized carbons (Fsp3) is 0.778. The lowest BCUT2D eigenvalue weighted by atomic mass is 10.1. The van der Waals surface area contributed by atoms with Crippen molar-refractivity contribution < 1.29 is 9.47 Å². The number of rotatable bonds is 22. The first-order valence-electron chi connectivity index (χ1n) is 12.6. The molecule has 0 bridgehead atoms. The van der Waals surface area contributed by atoms with E-state index < -0.39 is 0 Å². The molecule has 0 amide bonds. The van der Waals surface area contributed by atoms with E-state index in [2.05, 4.69) is 37.4 Å². The van der Waals surface area contributed by atoms with Gasteiger partial charge in [0.25, 0.3) is 0 Å². The molecule has 1 atom stereocenters. The van der Waals surface area contributed by atoms with E-state index in [9.17, 15) is 0 Å². The Hall–Kier alpha value is -0.510. The van der Waals surface area contributed by atoms with Gasteiger partial charge in [0.05, 0.1) is 19.3 Å². The molecule has 0 aliphatic carbocycles. The number of thioether (sulfide) groups is 1. The van der Waals surface area contributed by atoms with Crippen molar-refractivity contribution in [3.8, 4) is 0 Å². The second kappa shape index (κ2) is 21.7. The highest BCUT2D eigenvalue weighted by Gasteiger charge is 2.08. The molecule has 30 heavy (non-hydrogen) atoms. The van der Waals surface area contributed by atoms with Crippen LogP contribution < -0.4 is 0 Å². The van der Waals surface area contributed by atoms with Crippen LogP contribution in [-0.4, -0.2) is 31.3 Å². The van der Waals surface area contributed by atoms with Gasteiger partial charge in [0.15, 0.2) is 0 Å². The highest BCUT2D eigenvalue weighted by atomic mass is 32.2. The highest BCUT2D eigenvalue weighted by Crippen LogP contribution is 2.13. The maximum Gasteiger partial charge on any atom is 0.0812 e. The number of ether oxygens (including phenoxy) is 2. The fourth-order valence-corrected chi connectivity index (χ4v) is 4.25. The first-order chi connectivity index (χ1) is 14.9. The van der Waals surface area contributed by atoms with E-state index in [0.717, 1.165) is 26.1 Å². The SMILES string of the molecule is CCCC(COCCCCCCCCCCCCCCSC)OCc1ccccc1. The van der Waals surface area contributed by atoms with Crippen LogP contribution in [0.5, 0.6) is 0 Å². The van der Waals surface area contributed by atoms with Crippen LogP contribution in [0.1, 0.15) is 102 Å². The van der Waals surface area contributed by atoms with Gasteiger partial charge in [-0.2, -0.15) is 11.8 Å². The Morgan fingerprint density at radius 1 is 0.767 bits per heavy atom. The van der Waals surface area contributed by atoms with Gasteiger partial charge < -0.3 is 9.47 Å². The predicted octanol–water partition coefficient (Wildman–Crippen LogP) is 8.43. The molecule has 2 nitrogen and oxygen atoms in total. The Bertz CT molecular complexity index is 451. The van der Waals surface area contributed by atoms with Crippen molar-refractivity contribution in [2.75, 3.05) is 25.2 Å². The zero-order chi connectivity index (χ0) is 21.5. The van der Waals surface area contributed by atoms with E-state index in [-0.39, 0.29) is 6.10 Å². The summed E-state index contributed by atoms with van der Waals surface area (Å²) in [7, 11) is 0. The van der Waals surface area contributed by atoms with Crippen LogP contribution in [0.4, 0.5) is 0 Å². The van der Waals surface area contributed by atoms with Crippen molar-refractivity contribution >= 4 is 11.8 Å². The summed E-state index contributed by atoms with van der Waals surface area (Å²) in [5.74, 6) is 1.34. The molecule has 0 saturated carbocycles. The average Bonchev–Trinajstić information content (AvgIpc) is 2.77. The van der Waals surface area contributed by atoms with Crippen molar-refractivity contribution in [3.05, 3.63) is 35.9 Å². The average molecular weight is 437 g/mol. The molecule has 0 heterocycles. The second-order valence-electron chi connectivity index (χ2n) is 8.52. The van der Waals surface area contributed by atoms with E-state index in [4.69, 9.17) is 9.47 Å². The molecule has 1 rings (SSSR count). The van der Waals surface area contributed by atoms with Crippen LogP contribution in [0.2, 0.25) is 0 Å². The molecule has 1 aromatic carbocycles. The van der Waals surface area contributed by atoms with Crippen LogP contribution in [0.15, 0.2) is 30.3 Å². The molecule has 3 heteroatoms. The largest absolute Gasteiger partial charge is 0.379 e. The molecule has 174 valence electrons. The third-order valence-corrected chi connectivity index (χ3v) is 6.33. The van der Waals surface area contributed by atoms with Crippen molar-refractivity contribution in [3.63, 3.8) is 0 Å². The van der Waals surface area contributed by atoms with E-state index in [1.54, 1.807) is 0 Å². The van der Waals surface area contributed by atoms with E-state index in [0.29, 0.717) is 6.61 Å². The molecule has 1 unspecified atom stereocenters. The Morgan fingerprint density at radius 2 is 1.33 bits per heavy atom. The highest BCUT2D eigenvalue weighted by molar-refractivity contribution is 7.98. The van der Waals surface area contributed by atoms with Gasteiger partial charge in [-0.3, -0.25) is 0 Å². The van der Waals surface area contributed by atoms with Gasteiger partial charge in [0.2, 0.25) is 0 Å². The van der Waals surface area contributed by atoms with Crippen molar-refractivity contribution in [2.24, 2.45) is 0 Å². The number of hydrogen-bond acceptors (Lipinski definition) is 3. The Labute approximate surface area is 191 Å². The molecule has 0 aliphatic heterocycles. The number of benzene rings is 1. The van der Waals surface area contributed by atoms with Gasteiger partial charge >= 0.3 is 0 Å². The summed E-state index contributed by atoms with van der Waals surface area (Å²) in [5.41, 5.74) is 1.24. The predicted molar refractivity (Wildman–Crippen MR) is 135 cm³/mol. The lowest BCUT2D eigenvalue weighted by Gasteiger charge is -2.17. The molecule has 0 saturated heterocycles. The third-order valence-electron chi connectivity index (χ3n) is 5.63. The fourth-order valence-electron chi connectivity index (χ4n) is 3.76. The van der Waals surface area contributed by atoms with Crippen molar-refractivity contribution in [2.45, 2.75) is 110 Å². The lowest BCUT2D eigenvalue weighted by Crippen LogP contribution is -2.20. The van der Waals surface area contributed by atoms with Gasteiger partial charge in [-0.1, -0.05) is 108 Å². The summed E-state index contributed by atoms with van der Waals surface area (Å²) in [6, 6.07) is 10.4. The molecule has 0 aromatic heterocycles. The summed E-state index contributed by atoms with van der Waals surface area (Å²) < 4.78 is 12.0. The minimum Gasteiger partial charge on any atom is -0.379 e. The second-order valence-corrected chi connectivity index (χ2v) is 9.50. The molecule has 0 aliphatic rings. The zero-order valence-corrected chi connectivity index (χ0v) is 20.7. The van der Waals surface area contributed by atoms with Gasteiger partial charge in [0.1, 0.15) is 0 Å². The van der Waals surface area contributed by atoms with Gasteiger partial charge in [-0.15, -0.1) is 0 Å². The minimum absolute atomic E-state index is 0.223. The number of unbranched alkanes of at least 4 members (excludes halogenated alkanes) is 11. The molecule has 0 radical (unpaired) electrons. The van der Waals surface area contributed by atoms with Crippen LogP contribution in [0.3, 0.4) is 0 Å². The third kappa shape index (κ3) is 17.2. The summed E-state index contributed by atoms with van der Waals surface area (Å²) in [6.45, 7) is 4.52. The van der Waals surface area contributed by atoms with Crippen LogP contribution in [0.25, 0.3) is 0 Å². The van der Waals surface area contributed by atoms with E-state index in [1.165, 1.54) is 88.4 Å². The van der Waals surface area contributed by atoms with Crippen molar-refractivity contribution in [1.29, 1.82) is 0 Å². The summed E-state index contributed by atoms with van der Waals surface area (Å²) in [5, 5.41) is 0. The first-order valence-corrected chi connectivity index (χ1v) is 14.0. The molecule has 0 fully saturated rings. The van der Waals surface area contributed by atoms with Gasteiger partial charge in [-0.05, 0) is 36.8 Å². The standard InChI is InChI=1S/C27H48O2S/c1-3-19-27(29-24-26-20-15-14-16-21-26)25-28-22-17-12-10-8-6-4-5-7-9-11-13-18-23-30-2/h14-16,20-21,27H,3-13,17-19,22-25H2,1-2H3. The topological polar surface area (TPSA) is 18.5 Å². The normalized spacial score (nSPS) is 12.3. The maximum absolute atomic E-state index is 6.07. The molecule has 0 N–H and O–H groups in total. The van der Waals surface area contributed by atoms with Crippen LogP contribution >= 0.6 is 11.8 Å². The summed E-state index contributed by atoms with van der Waals surface area (Å²) in [4.78, 5) is 0. The molecule has 0 spiro atoms. The van der Waals surface area contributed by atoms with Gasteiger partial charge in [-0.25, -0.2) is 0 Å². The number of hydrogen-bond donors (Lipinski definition) is 0.